The van der Waals surface area contributed by atoms with E-state index >= 15 is 0 Å². The largest absolute Gasteiger partial charge is 0.366 e. The van der Waals surface area contributed by atoms with Crippen LogP contribution in [0.25, 0.3) is 0 Å². The summed E-state index contributed by atoms with van der Waals surface area (Å²) in [5, 5.41) is 2.74. The summed E-state index contributed by atoms with van der Waals surface area (Å²) in [5.41, 5.74) is 0. The lowest BCUT2D eigenvalue weighted by atomic mass is 10.0. The fraction of sp³-hybridized carbons (Fsp3) is 0.800. The number of hydrogen-bond donors (Lipinski definition) is 1. The van der Waals surface area contributed by atoms with Gasteiger partial charge in [0.25, 0.3) is 5.91 Å². The van der Waals surface area contributed by atoms with Crippen LogP contribution >= 0.6 is 0 Å². The lowest BCUT2D eigenvalue weighted by molar-refractivity contribution is -0.140. The Morgan fingerprint density at radius 1 is 1.75 bits per heavy atom. The zero-order valence-electron chi connectivity index (χ0n) is 4.39. The molecule has 0 aromatic carbocycles. The van der Waals surface area contributed by atoms with Crippen molar-refractivity contribution in [1.29, 1.82) is 0 Å². The molecule has 0 aromatic rings. The van der Waals surface area contributed by atoms with Crippen LogP contribution in [-0.2, 0) is 9.53 Å². The van der Waals surface area contributed by atoms with E-state index in [0.29, 0.717) is 6.04 Å². The van der Waals surface area contributed by atoms with Crippen molar-refractivity contribution in [2.24, 2.45) is 0 Å². The predicted octanol–water partition coefficient (Wildman–Crippen LogP) is -0.726. The van der Waals surface area contributed by atoms with Gasteiger partial charge in [0.1, 0.15) is 0 Å². The highest BCUT2D eigenvalue weighted by Crippen LogP contribution is 2.20. The molecular formula is C5H7NO2. The molecule has 2 atom stereocenters. The number of amides is 1. The number of ether oxygens (including phenoxy) is 1. The first-order chi connectivity index (χ1) is 3.88. The third-order valence-electron chi connectivity index (χ3n) is 1.68. The molecule has 2 saturated heterocycles. The van der Waals surface area contributed by atoms with E-state index in [0.717, 1.165) is 13.0 Å². The van der Waals surface area contributed by atoms with Gasteiger partial charge in [0.2, 0.25) is 0 Å². The molecule has 1 amide bonds. The van der Waals surface area contributed by atoms with Gasteiger partial charge >= 0.3 is 0 Å². The fourth-order valence-corrected chi connectivity index (χ4v) is 1.16. The summed E-state index contributed by atoms with van der Waals surface area (Å²) < 4.78 is 5.05. The molecule has 8 heavy (non-hydrogen) atoms. The zero-order chi connectivity index (χ0) is 5.56. The summed E-state index contributed by atoms with van der Waals surface area (Å²) in [4.78, 5) is 10.5. The van der Waals surface area contributed by atoms with E-state index in [2.05, 4.69) is 5.32 Å². The van der Waals surface area contributed by atoms with Crippen LogP contribution < -0.4 is 5.32 Å². The minimum Gasteiger partial charge on any atom is -0.366 e. The van der Waals surface area contributed by atoms with Crippen LogP contribution in [0.5, 0.6) is 0 Å². The molecule has 0 radical (unpaired) electrons. The van der Waals surface area contributed by atoms with E-state index in [1.807, 2.05) is 0 Å². The molecule has 0 aliphatic carbocycles. The van der Waals surface area contributed by atoms with Crippen LogP contribution in [0.15, 0.2) is 0 Å². The van der Waals surface area contributed by atoms with Gasteiger partial charge in [-0.05, 0) is 6.42 Å². The second-order valence-corrected chi connectivity index (χ2v) is 2.20. The van der Waals surface area contributed by atoms with Gasteiger partial charge in [-0.2, -0.15) is 0 Å². The van der Waals surface area contributed by atoms with E-state index in [1.165, 1.54) is 0 Å². The quantitative estimate of drug-likeness (QED) is 0.421. The summed E-state index contributed by atoms with van der Waals surface area (Å²) in [6, 6.07) is 0.350. The van der Waals surface area contributed by atoms with Gasteiger partial charge in [0.15, 0.2) is 6.10 Å². The van der Waals surface area contributed by atoms with E-state index in [1.54, 1.807) is 0 Å². The standard InChI is InChI=1S/C5H7NO2/c7-5-4-3(6-5)1-2-8-4/h3-4H,1-2H2,(H,6,7)/t3-,4+/m1/s1. The molecular weight excluding hydrogens is 106 g/mol. The topological polar surface area (TPSA) is 38.3 Å². The molecule has 2 aliphatic heterocycles. The maximum Gasteiger partial charge on any atom is 0.251 e. The first-order valence-electron chi connectivity index (χ1n) is 2.80. The highest BCUT2D eigenvalue weighted by molar-refractivity contribution is 5.88. The molecule has 1 N–H and O–H groups in total. The summed E-state index contributed by atoms with van der Waals surface area (Å²) >= 11 is 0. The third kappa shape index (κ3) is 0.351. The van der Waals surface area contributed by atoms with E-state index in [-0.39, 0.29) is 12.0 Å². The molecule has 0 unspecified atom stereocenters. The van der Waals surface area contributed by atoms with Gasteiger partial charge in [-0.1, -0.05) is 0 Å². The molecule has 0 saturated carbocycles. The molecule has 44 valence electrons. The molecule has 3 heteroatoms. The van der Waals surface area contributed by atoms with Crippen LogP contribution in [-0.4, -0.2) is 24.7 Å². The second-order valence-electron chi connectivity index (χ2n) is 2.20. The number of fused-ring (bicyclic) bond motifs is 1. The summed E-state index contributed by atoms with van der Waals surface area (Å²) in [5.74, 6) is 0.0625. The number of β-lactam (4-membered cyclic amide) rings is 1. The Kier molecular flexibility index (Phi) is 0.663. The van der Waals surface area contributed by atoms with Crippen LogP contribution in [0, 0.1) is 0 Å². The van der Waals surface area contributed by atoms with E-state index in [4.69, 9.17) is 4.74 Å². The average Bonchev–Trinajstić information content (AvgIpc) is 2.09. The van der Waals surface area contributed by atoms with Crippen molar-refractivity contribution in [2.45, 2.75) is 18.6 Å². The lowest BCUT2D eigenvalue weighted by Gasteiger charge is -2.28. The van der Waals surface area contributed by atoms with Gasteiger partial charge < -0.3 is 10.1 Å². The molecule has 0 spiro atoms. The summed E-state index contributed by atoms with van der Waals surface area (Å²) in [7, 11) is 0. The Bertz CT molecular complexity index is 134. The van der Waals surface area contributed by atoms with Crippen molar-refractivity contribution < 1.29 is 9.53 Å². The summed E-state index contributed by atoms with van der Waals surface area (Å²) in [6.45, 7) is 0.744. The number of rotatable bonds is 0. The Hall–Kier alpha value is -0.570. The molecule has 2 heterocycles. The molecule has 0 aromatic heterocycles. The minimum absolute atomic E-state index is 0.0625. The van der Waals surface area contributed by atoms with Crippen molar-refractivity contribution in [1.82, 2.24) is 5.32 Å². The predicted molar refractivity (Wildman–Crippen MR) is 26.3 cm³/mol. The van der Waals surface area contributed by atoms with Crippen LogP contribution in [0.2, 0.25) is 0 Å². The van der Waals surface area contributed by atoms with Gasteiger partial charge in [0, 0.05) is 6.61 Å². The number of hydrogen-bond acceptors (Lipinski definition) is 2. The maximum atomic E-state index is 10.5. The van der Waals surface area contributed by atoms with Crippen molar-refractivity contribution in [2.75, 3.05) is 6.61 Å². The first-order valence-corrected chi connectivity index (χ1v) is 2.80. The van der Waals surface area contributed by atoms with E-state index in [9.17, 15) is 4.79 Å². The Labute approximate surface area is 47.0 Å². The van der Waals surface area contributed by atoms with Gasteiger partial charge in [-0.25, -0.2) is 0 Å². The maximum absolute atomic E-state index is 10.5. The molecule has 2 fully saturated rings. The third-order valence-corrected chi connectivity index (χ3v) is 1.68. The number of carbonyl (C=O) groups is 1. The van der Waals surface area contributed by atoms with Gasteiger partial charge in [-0.15, -0.1) is 0 Å². The van der Waals surface area contributed by atoms with E-state index < -0.39 is 0 Å². The average molecular weight is 113 g/mol. The van der Waals surface area contributed by atoms with Crippen molar-refractivity contribution >= 4 is 5.91 Å². The van der Waals surface area contributed by atoms with Crippen LogP contribution in [0.1, 0.15) is 6.42 Å². The molecule has 0 bridgehead atoms. The highest BCUT2D eigenvalue weighted by Gasteiger charge is 2.43. The first kappa shape index (κ1) is 4.32. The Morgan fingerprint density at radius 3 is 3.12 bits per heavy atom. The number of carbonyl (C=O) groups excluding carboxylic acids is 1. The minimum atomic E-state index is -0.0880. The number of nitrogens with one attached hydrogen (secondary N) is 1. The smallest absolute Gasteiger partial charge is 0.251 e. The van der Waals surface area contributed by atoms with Gasteiger partial charge in [-0.3, -0.25) is 4.79 Å². The second kappa shape index (κ2) is 1.23. The molecule has 2 rings (SSSR count). The Balaban J connectivity index is 2.11. The zero-order valence-corrected chi connectivity index (χ0v) is 4.39. The summed E-state index contributed by atoms with van der Waals surface area (Å²) in [6.07, 6.45) is 0.908. The Morgan fingerprint density at radius 2 is 2.62 bits per heavy atom. The fourth-order valence-electron chi connectivity index (χ4n) is 1.16. The molecule has 2 aliphatic rings. The highest BCUT2D eigenvalue weighted by atomic mass is 16.5. The van der Waals surface area contributed by atoms with Crippen LogP contribution in [0.3, 0.4) is 0 Å². The SMILES string of the molecule is O=C1N[C@@H]2CCO[C@H]12. The van der Waals surface area contributed by atoms with Crippen molar-refractivity contribution in [3.63, 3.8) is 0 Å². The normalized spacial score (nSPS) is 42.8. The van der Waals surface area contributed by atoms with Crippen LogP contribution in [0.4, 0.5) is 0 Å². The van der Waals surface area contributed by atoms with Crippen molar-refractivity contribution in [3.05, 3.63) is 0 Å². The van der Waals surface area contributed by atoms with Crippen molar-refractivity contribution in [3.8, 4) is 0 Å². The lowest BCUT2D eigenvalue weighted by Crippen LogP contribution is -2.59. The van der Waals surface area contributed by atoms with Gasteiger partial charge in [0.05, 0.1) is 6.04 Å². The molecule has 3 nitrogen and oxygen atoms in total. The monoisotopic (exact) mass is 113 g/mol.